The Morgan fingerprint density at radius 2 is 1.50 bits per heavy atom. The predicted molar refractivity (Wildman–Crippen MR) is 105 cm³/mol. The predicted octanol–water partition coefficient (Wildman–Crippen LogP) is 3.90. The fourth-order valence-corrected chi connectivity index (χ4v) is 2.86. The second-order valence-corrected chi connectivity index (χ2v) is 9.85. The summed E-state index contributed by atoms with van der Waals surface area (Å²) in [4.78, 5) is 12.6. The summed E-state index contributed by atoms with van der Waals surface area (Å²) in [6, 6.07) is 8.01. The lowest BCUT2D eigenvalue weighted by molar-refractivity contribution is -0.165. The van der Waals surface area contributed by atoms with Crippen molar-refractivity contribution in [1.82, 2.24) is 0 Å². The van der Waals surface area contributed by atoms with Crippen LogP contribution in [0.3, 0.4) is 0 Å². The van der Waals surface area contributed by atoms with E-state index in [-0.39, 0.29) is 5.97 Å². The summed E-state index contributed by atoms with van der Waals surface area (Å²) in [5, 5.41) is 0. The number of hydrogen-bond donors (Lipinski definition) is 0. The molecule has 5 heteroatoms. The van der Waals surface area contributed by atoms with Gasteiger partial charge in [0.05, 0.1) is 16.6 Å². The lowest BCUT2D eigenvalue weighted by Crippen LogP contribution is -2.41. The molecule has 1 aromatic rings. The molecule has 1 aliphatic heterocycles. The first-order valence-corrected chi connectivity index (χ1v) is 9.32. The molecule has 0 unspecified atom stereocenters. The SMILES string of the molecule is CC(C)(C)OC(=O)C(C)(C)Cc1ccccc1B1OC(C)(C)C(C)(C)O1. The molecule has 0 bridgehead atoms. The van der Waals surface area contributed by atoms with Crippen LogP contribution in [-0.2, 0) is 25.3 Å². The van der Waals surface area contributed by atoms with Crippen molar-refractivity contribution in [3.8, 4) is 0 Å². The van der Waals surface area contributed by atoms with Gasteiger partial charge in [-0.05, 0) is 79.8 Å². The van der Waals surface area contributed by atoms with Gasteiger partial charge in [-0.25, -0.2) is 0 Å². The average molecular weight is 360 g/mol. The van der Waals surface area contributed by atoms with Crippen molar-refractivity contribution in [2.45, 2.75) is 85.5 Å². The minimum atomic E-state index is -0.646. The van der Waals surface area contributed by atoms with Gasteiger partial charge in [-0.1, -0.05) is 24.3 Å². The molecule has 1 heterocycles. The quantitative estimate of drug-likeness (QED) is 0.604. The number of rotatable bonds is 4. The molecule has 4 nitrogen and oxygen atoms in total. The van der Waals surface area contributed by atoms with Crippen LogP contribution in [-0.4, -0.2) is 29.9 Å². The van der Waals surface area contributed by atoms with E-state index in [0.717, 1.165) is 11.0 Å². The van der Waals surface area contributed by atoms with E-state index in [1.807, 2.05) is 86.6 Å². The minimum Gasteiger partial charge on any atom is -0.460 e. The van der Waals surface area contributed by atoms with Gasteiger partial charge in [0.15, 0.2) is 0 Å². The topological polar surface area (TPSA) is 44.8 Å². The van der Waals surface area contributed by atoms with Crippen LogP contribution in [0.2, 0.25) is 0 Å². The van der Waals surface area contributed by atoms with E-state index < -0.39 is 29.3 Å². The van der Waals surface area contributed by atoms with Crippen LogP contribution in [0, 0.1) is 5.41 Å². The Labute approximate surface area is 158 Å². The number of carbonyl (C=O) groups is 1. The molecule has 0 saturated carbocycles. The molecule has 0 atom stereocenters. The summed E-state index contributed by atoms with van der Waals surface area (Å²) in [6.07, 6.45) is 0.558. The summed E-state index contributed by atoms with van der Waals surface area (Å²) in [5.74, 6) is -0.200. The molecule has 1 saturated heterocycles. The van der Waals surface area contributed by atoms with Crippen LogP contribution in [0.5, 0.6) is 0 Å². The zero-order valence-corrected chi connectivity index (χ0v) is 17.7. The van der Waals surface area contributed by atoms with E-state index in [4.69, 9.17) is 14.0 Å². The van der Waals surface area contributed by atoms with Crippen molar-refractivity contribution in [3.05, 3.63) is 29.8 Å². The first kappa shape index (κ1) is 21.0. The molecule has 26 heavy (non-hydrogen) atoms. The van der Waals surface area contributed by atoms with Crippen LogP contribution < -0.4 is 5.46 Å². The van der Waals surface area contributed by atoms with Crippen molar-refractivity contribution in [2.24, 2.45) is 5.41 Å². The highest BCUT2D eigenvalue weighted by molar-refractivity contribution is 6.62. The van der Waals surface area contributed by atoms with Crippen molar-refractivity contribution in [1.29, 1.82) is 0 Å². The van der Waals surface area contributed by atoms with Gasteiger partial charge in [-0.3, -0.25) is 4.79 Å². The molecule has 1 fully saturated rings. The van der Waals surface area contributed by atoms with Crippen molar-refractivity contribution < 1.29 is 18.8 Å². The highest BCUT2D eigenvalue weighted by atomic mass is 16.7. The molecule has 0 radical (unpaired) electrons. The molecule has 1 aromatic carbocycles. The zero-order valence-electron chi connectivity index (χ0n) is 17.7. The van der Waals surface area contributed by atoms with Gasteiger partial charge in [0, 0.05) is 0 Å². The summed E-state index contributed by atoms with van der Waals surface area (Å²) in [6.45, 7) is 17.7. The van der Waals surface area contributed by atoms with E-state index in [9.17, 15) is 4.79 Å². The average Bonchev–Trinajstić information content (AvgIpc) is 2.65. The van der Waals surface area contributed by atoms with Crippen LogP contribution in [0.25, 0.3) is 0 Å². The lowest BCUT2D eigenvalue weighted by Gasteiger charge is -2.32. The first-order chi connectivity index (χ1) is 11.6. The number of esters is 1. The fraction of sp³-hybridized carbons (Fsp3) is 0.667. The molecular weight excluding hydrogens is 327 g/mol. The molecule has 0 aromatic heterocycles. The van der Waals surface area contributed by atoms with E-state index in [1.165, 1.54) is 0 Å². The summed E-state index contributed by atoms with van der Waals surface area (Å²) < 4.78 is 18.0. The van der Waals surface area contributed by atoms with E-state index in [1.54, 1.807) is 0 Å². The van der Waals surface area contributed by atoms with Crippen LogP contribution in [0.15, 0.2) is 24.3 Å². The minimum absolute atomic E-state index is 0.200. The molecule has 144 valence electrons. The summed E-state index contributed by atoms with van der Waals surface area (Å²) in [5.41, 5.74) is 0.0773. The smallest absolute Gasteiger partial charge is 0.460 e. The summed E-state index contributed by atoms with van der Waals surface area (Å²) in [7, 11) is -0.439. The number of hydrogen-bond acceptors (Lipinski definition) is 4. The Hall–Kier alpha value is -1.33. The van der Waals surface area contributed by atoms with Crippen molar-refractivity contribution >= 4 is 18.6 Å². The van der Waals surface area contributed by atoms with Gasteiger partial charge < -0.3 is 14.0 Å². The van der Waals surface area contributed by atoms with Gasteiger partial charge in [0.1, 0.15) is 5.60 Å². The third-order valence-corrected chi connectivity index (χ3v) is 5.15. The van der Waals surface area contributed by atoms with Gasteiger partial charge >= 0.3 is 13.1 Å². The highest BCUT2D eigenvalue weighted by Crippen LogP contribution is 2.37. The number of carbonyl (C=O) groups excluding carboxylic acids is 1. The monoisotopic (exact) mass is 360 g/mol. The standard InChI is InChI=1S/C21H33BO4/c1-18(2,3)24-17(23)19(4,5)14-15-12-10-11-13-16(15)22-25-20(6,7)21(8,9)26-22/h10-13H,14H2,1-9H3. The molecule has 1 aliphatic rings. The fourth-order valence-electron chi connectivity index (χ4n) is 2.86. The molecule has 0 amide bonds. The maximum absolute atomic E-state index is 12.6. The van der Waals surface area contributed by atoms with Gasteiger partial charge in [0.25, 0.3) is 0 Å². The van der Waals surface area contributed by atoms with Crippen molar-refractivity contribution in [3.63, 3.8) is 0 Å². The Morgan fingerprint density at radius 3 is 2.00 bits per heavy atom. The van der Waals surface area contributed by atoms with E-state index >= 15 is 0 Å². The maximum Gasteiger partial charge on any atom is 0.495 e. The zero-order chi connectivity index (χ0) is 20.0. The number of ether oxygens (including phenoxy) is 1. The Bertz CT molecular complexity index is 655. The Morgan fingerprint density at radius 1 is 1.00 bits per heavy atom. The van der Waals surface area contributed by atoms with Gasteiger partial charge in [0.2, 0.25) is 0 Å². The van der Waals surface area contributed by atoms with Crippen LogP contribution in [0.1, 0.15) is 67.9 Å². The Kier molecular flexibility index (Phi) is 5.39. The van der Waals surface area contributed by atoms with Crippen LogP contribution in [0.4, 0.5) is 0 Å². The van der Waals surface area contributed by atoms with E-state index in [0.29, 0.717) is 6.42 Å². The molecule has 2 rings (SSSR count). The van der Waals surface area contributed by atoms with Crippen LogP contribution >= 0.6 is 0 Å². The lowest BCUT2D eigenvalue weighted by atomic mass is 9.72. The second kappa shape index (κ2) is 6.68. The molecule has 0 spiro atoms. The summed E-state index contributed by atoms with van der Waals surface area (Å²) >= 11 is 0. The molecule has 0 N–H and O–H groups in total. The number of benzene rings is 1. The van der Waals surface area contributed by atoms with Gasteiger partial charge in [-0.2, -0.15) is 0 Å². The maximum atomic E-state index is 12.6. The largest absolute Gasteiger partial charge is 0.495 e. The van der Waals surface area contributed by atoms with E-state index in [2.05, 4.69) is 0 Å². The molecular formula is C21H33BO4. The third-order valence-electron chi connectivity index (χ3n) is 5.15. The first-order valence-electron chi connectivity index (χ1n) is 9.32. The third kappa shape index (κ3) is 4.50. The van der Waals surface area contributed by atoms with Crippen molar-refractivity contribution in [2.75, 3.05) is 0 Å². The molecule has 0 aliphatic carbocycles. The highest BCUT2D eigenvalue weighted by Gasteiger charge is 2.52. The Balaban J connectivity index is 2.26. The second-order valence-electron chi connectivity index (χ2n) is 9.85. The van der Waals surface area contributed by atoms with Gasteiger partial charge in [-0.15, -0.1) is 0 Å². The normalized spacial score (nSPS) is 19.5.